The van der Waals surface area contributed by atoms with Gasteiger partial charge in [-0.2, -0.15) is 0 Å². The average molecular weight is 217 g/mol. The van der Waals surface area contributed by atoms with Gasteiger partial charge in [0.25, 0.3) is 0 Å². The zero-order chi connectivity index (χ0) is 9.26. The number of nitrogens with zero attached hydrogens (tertiary/aromatic N) is 2. The average Bonchev–Trinajstić information content (AvgIpc) is 2.48. The number of rotatable bonds is 1. The second-order valence-electron chi connectivity index (χ2n) is 2.88. The Morgan fingerprint density at radius 2 is 2.15 bits per heavy atom. The zero-order valence-corrected chi connectivity index (χ0v) is 8.70. The first-order chi connectivity index (χ1) is 6.29. The van der Waals surface area contributed by atoms with Gasteiger partial charge in [-0.3, -0.25) is 0 Å². The van der Waals surface area contributed by atoms with E-state index in [0.29, 0.717) is 3.95 Å². The summed E-state index contributed by atoms with van der Waals surface area (Å²) in [6.45, 7) is 3.66. The molecule has 0 unspecified atom stereocenters. The van der Waals surface area contributed by atoms with E-state index in [1.165, 1.54) is 11.3 Å². The minimum atomic E-state index is 0.247. The van der Waals surface area contributed by atoms with E-state index < -0.39 is 0 Å². The Hall–Kier alpha value is -0.590. The summed E-state index contributed by atoms with van der Waals surface area (Å²) in [4.78, 5) is 0. The normalized spacial score (nSPS) is 17.7. The zero-order valence-electron chi connectivity index (χ0n) is 7.06. The third kappa shape index (κ3) is 1.70. The van der Waals surface area contributed by atoms with Crippen LogP contribution in [0.2, 0.25) is 0 Å². The number of aromatic nitrogens is 1. The molecule has 0 radical (unpaired) electrons. The first-order valence-corrected chi connectivity index (χ1v) is 5.43. The van der Waals surface area contributed by atoms with E-state index >= 15 is 0 Å². The molecule has 0 aliphatic carbocycles. The maximum atomic E-state index is 9.53. The standard InChI is InChI=1S/C7H11N3OS2/c11-6-5-13-7(12)10(6)9-3-1-8-2-4-9/h5,8,11H,1-4H2. The summed E-state index contributed by atoms with van der Waals surface area (Å²) in [5, 5.41) is 16.5. The van der Waals surface area contributed by atoms with Crippen molar-refractivity contribution in [2.75, 3.05) is 31.2 Å². The van der Waals surface area contributed by atoms with Crippen molar-refractivity contribution in [1.82, 2.24) is 9.99 Å². The lowest BCUT2D eigenvalue weighted by atomic mass is 10.4. The summed E-state index contributed by atoms with van der Waals surface area (Å²) in [6.07, 6.45) is 0. The second kappa shape index (κ2) is 3.65. The van der Waals surface area contributed by atoms with Crippen molar-refractivity contribution in [3.05, 3.63) is 9.33 Å². The Labute approximate surface area is 85.4 Å². The van der Waals surface area contributed by atoms with E-state index in [4.69, 9.17) is 12.2 Å². The first kappa shape index (κ1) is 8.98. The van der Waals surface area contributed by atoms with Crippen LogP contribution in [0.1, 0.15) is 0 Å². The summed E-state index contributed by atoms with van der Waals surface area (Å²) < 4.78 is 2.42. The largest absolute Gasteiger partial charge is 0.493 e. The summed E-state index contributed by atoms with van der Waals surface area (Å²) in [7, 11) is 0. The summed E-state index contributed by atoms with van der Waals surface area (Å²) in [5.41, 5.74) is 0. The van der Waals surface area contributed by atoms with Crippen molar-refractivity contribution in [3.63, 3.8) is 0 Å². The highest BCUT2D eigenvalue weighted by molar-refractivity contribution is 7.73. The predicted molar refractivity (Wildman–Crippen MR) is 55.6 cm³/mol. The van der Waals surface area contributed by atoms with Gasteiger partial charge >= 0.3 is 0 Å². The predicted octanol–water partition coefficient (Wildman–Crippen LogP) is 0.526. The van der Waals surface area contributed by atoms with Gasteiger partial charge in [0.15, 0.2) is 3.95 Å². The highest BCUT2D eigenvalue weighted by atomic mass is 32.1. The second-order valence-corrected chi connectivity index (χ2v) is 4.38. The molecule has 0 aromatic carbocycles. The number of aromatic hydroxyl groups is 1. The molecule has 1 aliphatic rings. The van der Waals surface area contributed by atoms with E-state index in [0.717, 1.165) is 26.2 Å². The minimum Gasteiger partial charge on any atom is -0.493 e. The lowest BCUT2D eigenvalue weighted by molar-refractivity contribution is 0.389. The molecule has 2 heterocycles. The van der Waals surface area contributed by atoms with Crippen LogP contribution in [-0.2, 0) is 0 Å². The van der Waals surface area contributed by atoms with Crippen LogP contribution in [-0.4, -0.2) is 36.0 Å². The molecular formula is C7H11N3OS2. The van der Waals surface area contributed by atoms with Crippen molar-refractivity contribution in [1.29, 1.82) is 0 Å². The van der Waals surface area contributed by atoms with E-state index in [9.17, 15) is 5.11 Å². The van der Waals surface area contributed by atoms with E-state index in [-0.39, 0.29) is 5.88 Å². The quantitative estimate of drug-likeness (QED) is 0.673. The molecule has 1 aliphatic heterocycles. The molecule has 0 spiro atoms. The van der Waals surface area contributed by atoms with Crippen LogP contribution in [0.15, 0.2) is 5.38 Å². The van der Waals surface area contributed by atoms with Gasteiger partial charge in [-0.1, -0.05) is 0 Å². The Morgan fingerprint density at radius 3 is 2.69 bits per heavy atom. The van der Waals surface area contributed by atoms with Gasteiger partial charge in [0.2, 0.25) is 5.88 Å². The molecule has 72 valence electrons. The summed E-state index contributed by atoms with van der Waals surface area (Å²) >= 11 is 6.50. The number of thiazole rings is 1. The Morgan fingerprint density at radius 1 is 1.46 bits per heavy atom. The van der Waals surface area contributed by atoms with Crippen LogP contribution in [0.3, 0.4) is 0 Å². The van der Waals surface area contributed by atoms with E-state index in [1.807, 2.05) is 0 Å². The van der Waals surface area contributed by atoms with Gasteiger partial charge in [-0.05, 0) is 12.2 Å². The minimum absolute atomic E-state index is 0.247. The van der Waals surface area contributed by atoms with Crippen LogP contribution in [0, 0.1) is 3.95 Å². The van der Waals surface area contributed by atoms with Gasteiger partial charge < -0.3 is 15.4 Å². The molecule has 2 rings (SSSR count). The summed E-state index contributed by atoms with van der Waals surface area (Å²) in [6, 6.07) is 0. The topological polar surface area (TPSA) is 40.4 Å². The van der Waals surface area contributed by atoms with Gasteiger partial charge in [0.05, 0.1) is 5.38 Å². The molecular weight excluding hydrogens is 206 g/mol. The maximum absolute atomic E-state index is 9.53. The molecule has 2 N–H and O–H groups in total. The molecule has 0 bridgehead atoms. The number of hydrogen-bond acceptors (Lipinski definition) is 5. The third-order valence-corrected chi connectivity index (χ3v) is 3.20. The fraction of sp³-hybridized carbons (Fsp3) is 0.571. The van der Waals surface area contributed by atoms with Crippen LogP contribution in [0.5, 0.6) is 5.88 Å². The Balaban J connectivity index is 2.27. The van der Waals surface area contributed by atoms with Gasteiger partial charge in [-0.15, -0.1) is 11.3 Å². The molecule has 4 nitrogen and oxygen atoms in total. The number of hydrogen-bond donors (Lipinski definition) is 2. The fourth-order valence-electron chi connectivity index (χ4n) is 1.41. The monoisotopic (exact) mass is 217 g/mol. The molecule has 0 atom stereocenters. The summed E-state index contributed by atoms with van der Waals surface area (Å²) in [5.74, 6) is 0.247. The van der Waals surface area contributed by atoms with Crippen LogP contribution >= 0.6 is 23.6 Å². The smallest absolute Gasteiger partial charge is 0.222 e. The van der Waals surface area contributed by atoms with Crippen LogP contribution < -0.4 is 10.3 Å². The van der Waals surface area contributed by atoms with Crippen molar-refractivity contribution < 1.29 is 5.11 Å². The Kier molecular flexibility index (Phi) is 2.52. The van der Waals surface area contributed by atoms with Crippen molar-refractivity contribution in [3.8, 4) is 5.88 Å². The Bertz CT molecular complexity index is 340. The molecule has 6 heteroatoms. The molecule has 1 fully saturated rings. The SMILES string of the molecule is Oc1csc(=S)n1N1CCNCC1. The van der Waals surface area contributed by atoms with Gasteiger partial charge in [0, 0.05) is 26.2 Å². The van der Waals surface area contributed by atoms with Crippen LogP contribution in [0.4, 0.5) is 0 Å². The fourth-order valence-corrected chi connectivity index (χ4v) is 2.38. The molecule has 0 amide bonds. The highest BCUT2D eigenvalue weighted by Gasteiger charge is 2.13. The number of piperazine rings is 1. The molecule has 13 heavy (non-hydrogen) atoms. The molecule has 1 aromatic rings. The maximum Gasteiger partial charge on any atom is 0.222 e. The van der Waals surface area contributed by atoms with Crippen molar-refractivity contribution in [2.45, 2.75) is 0 Å². The molecule has 1 aromatic heterocycles. The highest BCUT2D eigenvalue weighted by Crippen LogP contribution is 2.17. The van der Waals surface area contributed by atoms with E-state index in [2.05, 4.69) is 10.3 Å². The number of nitrogens with one attached hydrogen (secondary N) is 1. The third-order valence-electron chi connectivity index (χ3n) is 2.03. The van der Waals surface area contributed by atoms with Gasteiger partial charge in [0.1, 0.15) is 0 Å². The lowest BCUT2D eigenvalue weighted by Gasteiger charge is -2.30. The van der Waals surface area contributed by atoms with Crippen LogP contribution in [0.25, 0.3) is 0 Å². The van der Waals surface area contributed by atoms with Gasteiger partial charge in [-0.25, -0.2) is 4.68 Å². The molecule has 1 saturated heterocycles. The first-order valence-electron chi connectivity index (χ1n) is 4.14. The van der Waals surface area contributed by atoms with Crippen molar-refractivity contribution >= 4 is 23.6 Å². The lowest BCUT2D eigenvalue weighted by Crippen LogP contribution is -2.49. The van der Waals surface area contributed by atoms with E-state index in [1.54, 1.807) is 10.1 Å². The molecule has 0 saturated carbocycles. The van der Waals surface area contributed by atoms with Crippen molar-refractivity contribution in [2.24, 2.45) is 0 Å².